The molecule has 0 saturated heterocycles. The van der Waals surface area contributed by atoms with E-state index in [1.165, 1.54) is 14.2 Å². The second kappa shape index (κ2) is 5.71. The molecule has 0 atom stereocenters. The van der Waals surface area contributed by atoms with Crippen molar-refractivity contribution in [2.75, 3.05) is 14.2 Å². The zero-order chi connectivity index (χ0) is 13.8. The summed E-state index contributed by atoms with van der Waals surface area (Å²) in [5, 5.41) is 0.580. The Morgan fingerprint density at radius 3 is 2.32 bits per heavy atom. The first kappa shape index (κ1) is 13.4. The lowest BCUT2D eigenvalue weighted by Crippen LogP contribution is -2.06. The van der Waals surface area contributed by atoms with Crippen LogP contribution in [0.1, 0.15) is 15.9 Å². The van der Waals surface area contributed by atoms with Gasteiger partial charge in [0.2, 0.25) is 11.8 Å². The van der Waals surface area contributed by atoms with Gasteiger partial charge in [0.15, 0.2) is 5.78 Å². The van der Waals surface area contributed by atoms with Crippen LogP contribution in [0.25, 0.3) is 0 Å². The Morgan fingerprint density at radius 1 is 1.05 bits per heavy atom. The van der Waals surface area contributed by atoms with Crippen LogP contribution in [0.5, 0.6) is 11.8 Å². The standard InChI is InChI=1S/C14H12ClNO3/c1-18-12-8-7-11(14(16-12)19-2)13(17)9-3-5-10(15)6-4-9/h3-8H,1-2H3. The van der Waals surface area contributed by atoms with E-state index < -0.39 is 0 Å². The van der Waals surface area contributed by atoms with Gasteiger partial charge in [0.1, 0.15) is 0 Å². The smallest absolute Gasteiger partial charge is 0.227 e. The van der Waals surface area contributed by atoms with Crippen molar-refractivity contribution in [2.45, 2.75) is 0 Å². The largest absolute Gasteiger partial charge is 0.481 e. The van der Waals surface area contributed by atoms with Crippen LogP contribution in [-0.4, -0.2) is 25.0 Å². The number of rotatable bonds is 4. The molecule has 4 nitrogen and oxygen atoms in total. The predicted molar refractivity (Wildman–Crippen MR) is 72.2 cm³/mol. The monoisotopic (exact) mass is 277 g/mol. The van der Waals surface area contributed by atoms with E-state index in [0.717, 1.165) is 0 Å². The number of nitrogens with zero attached hydrogens (tertiary/aromatic N) is 1. The average molecular weight is 278 g/mol. The fraction of sp³-hybridized carbons (Fsp3) is 0.143. The molecule has 0 unspecified atom stereocenters. The molecule has 0 aliphatic rings. The summed E-state index contributed by atoms with van der Waals surface area (Å²) >= 11 is 5.80. The Labute approximate surface area is 115 Å². The lowest BCUT2D eigenvalue weighted by molar-refractivity contribution is 0.103. The Kier molecular flexibility index (Phi) is 4.02. The van der Waals surface area contributed by atoms with E-state index in [1.54, 1.807) is 36.4 Å². The lowest BCUT2D eigenvalue weighted by atomic mass is 10.0. The molecule has 0 bridgehead atoms. The van der Waals surface area contributed by atoms with Gasteiger partial charge in [-0.15, -0.1) is 0 Å². The molecule has 0 N–H and O–H groups in total. The average Bonchev–Trinajstić information content (AvgIpc) is 2.46. The van der Waals surface area contributed by atoms with Crippen LogP contribution in [0.15, 0.2) is 36.4 Å². The Balaban J connectivity index is 2.40. The number of carbonyl (C=O) groups excluding carboxylic acids is 1. The van der Waals surface area contributed by atoms with Gasteiger partial charge in [-0.2, -0.15) is 4.98 Å². The minimum absolute atomic E-state index is 0.177. The van der Waals surface area contributed by atoms with Crippen molar-refractivity contribution in [3.05, 3.63) is 52.5 Å². The quantitative estimate of drug-likeness (QED) is 0.806. The molecule has 2 rings (SSSR count). The van der Waals surface area contributed by atoms with Crippen LogP contribution in [0.4, 0.5) is 0 Å². The van der Waals surface area contributed by atoms with Gasteiger partial charge >= 0.3 is 0 Å². The number of ether oxygens (including phenoxy) is 2. The summed E-state index contributed by atoms with van der Waals surface area (Å²) in [5.41, 5.74) is 0.903. The molecule has 1 aromatic heterocycles. The molecule has 0 fully saturated rings. The third-order valence-electron chi connectivity index (χ3n) is 2.59. The van der Waals surface area contributed by atoms with Crippen LogP contribution < -0.4 is 9.47 Å². The van der Waals surface area contributed by atoms with Gasteiger partial charge in [0, 0.05) is 16.7 Å². The second-order valence-electron chi connectivity index (χ2n) is 3.75. The Bertz CT molecular complexity index is 596. The molecule has 0 spiro atoms. The van der Waals surface area contributed by atoms with Crippen molar-refractivity contribution >= 4 is 17.4 Å². The number of methoxy groups -OCH3 is 2. The first-order valence-corrected chi connectivity index (χ1v) is 5.93. The number of hydrogen-bond acceptors (Lipinski definition) is 4. The summed E-state index contributed by atoms with van der Waals surface area (Å²) in [5.74, 6) is 0.451. The zero-order valence-electron chi connectivity index (χ0n) is 10.5. The minimum Gasteiger partial charge on any atom is -0.481 e. The van der Waals surface area contributed by atoms with Gasteiger partial charge in [-0.05, 0) is 30.3 Å². The zero-order valence-corrected chi connectivity index (χ0v) is 11.3. The molecular formula is C14H12ClNO3. The van der Waals surface area contributed by atoms with Crippen molar-refractivity contribution in [1.29, 1.82) is 0 Å². The summed E-state index contributed by atoms with van der Waals surface area (Å²) in [6.07, 6.45) is 0. The summed E-state index contributed by atoms with van der Waals surface area (Å²) in [7, 11) is 2.96. The van der Waals surface area contributed by atoms with Crippen molar-refractivity contribution < 1.29 is 14.3 Å². The van der Waals surface area contributed by atoms with Crippen molar-refractivity contribution in [1.82, 2.24) is 4.98 Å². The fourth-order valence-corrected chi connectivity index (χ4v) is 1.75. The molecule has 5 heteroatoms. The van der Waals surface area contributed by atoms with Crippen LogP contribution >= 0.6 is 11.6 Å². The third-order valence-corrected chi connectivity index (χ3v) is 2.84. The van der Waals surface area contributed by atoms with E-state index >= 15 is 0 Å². The van der Waals surface area contributed by atoms with Crippen LogP contribution in [-0.2, 0) is 0 Å². The molecule has 1 aromatic carbocycles. The minimum atomic E-state index is -0.177. The third kappa shape index (κ3) is 2.85. The van der Waals surface area contributed by atoms with Gasteiger partial charge < -0.3 is 9.47 Å². The highest BCUT2D eigenvalue weighted by Crippen LogP contribution is 2.23. The molecule has 19 heavy (non-hydrogen) atoms. The van der Waals surface area contributed by atoms with E-state index in [0.29, 0.717) is 22.0 Å². The summed E-state index contributed by atoms with van der Waals surface area (Å²) < 4.78 is 10.1. The Morgan fingerprint density at radius 2 is 1.74 bits per heavy atom. The number of ketones is 1. The van der Waals surface area contributed by atoms with Crippen molar-refractivity contribution in [3.8, 4) is 11.8 Å². The number of carbonyl (C=O) groups is 1. The van der Waals surface area contributed by atoms with Gasteiger partial charge in [0.05, 0.1) is 19.8 Å². The van der Waals surface area contributed by atoms with E-state index in [2.05, 4.69) is 4.98 Å². The summed E-state index contributed by atoms with van der Waals surface area (Å²) in [6, 6.07) is 9.90. The van der Waals surface area contributed by atoms with E-state index in [-0.39, 0.29) is 11.7 Å². The molecule has 0 aliphatic carbocycles. The highest BCUT2D eigenvalue weighted by Gasteiger charge is 2.16. The number of pyridine rings is 1. The molecule has 0 saturated carbocycles. The van der Waals surface area contributed by atoms with Crippen LogP contribution in [0.2, 0.25) is 5.02 Å². The number of benzene rings is 1. The first-order valence-electron chi connectivity index (χ1n) is 5.55. The van der Waals surface area contributed by atoms with E-state index in [9.17, 15) is 4.79 Å². The maximum atomic E-state index is 12.3. The molecule has 0 aliphatic heterocycles. The normalized spacial score (nSPS) is 10.1. The predicted octanol–water partition coefficient (Wildman–Crippen LogP) is 2.98. The van der Waals surface area contributed by atoms with Crippen molar-refractivity contribution in [3.63, 3.8) is 0 Å². The van der Waals surface area contributed by atoms with Crippen molar-refractivity contribution in [2.24, 2.45) is 0 Å². The Hall–Kier alpha value is -2.07. The van der Waals surface area contributed by atoms with Gasteiger partial charge in [0.25, 0.3) is 0 Å². The second-order valence-corrected chi connectivity index (χ2v) is 4.18. The number of aromatic nitrogens is 1. The van der Waals surface area contributed by atoms with Gasteiger partial charge in [-0.25, -0.2) is 0 Å². The maximum absolute atomic E-state index is 12.3. The summed E-state index contributed by atoms with van der Waals surface area (Å²) in [4.78, 5) is 16.4. The SMILES string of the molecule is COc1ccc(C(=O)c2ccc(Cl)cc2)c(OC)n1. The molecule has 1 heterocycles. The first-order chi connectivity index (χ1) is 9.15. The summed E-state index contributed by atoms with van der Waals surface area (Å²) in [6.45, 7) is 0. The lowest BCUT2D eigenvalue weighted by Gasteiger charge is -2.08. The van der Waals surface area contributed by atoms with Crippen LogP contribution in [0.3, 0.4) is 0 Å². The van der Waals surface area contributed by atoms with E-state index in [4.69, 9.17) is 21.1 Å². The van der Waals surface area contributed by atoms with Gasteiger partial charge in [-0.1, -0.05) is 11.6 Å². The topological polar surface area (TPSA) is 48.4 Å². The highest BCUT2D eigenvalue weighted by molar-refractivity contribution is 6.30. The number of hydrogen-bond donors (Lipinski definition) is 0. The molecule has 2 aromatic rings. The van der Waals surface area contributed by atoms with Crippen LogP contribution in [0, 0.1) is 0 Å². The number of halogens is 1. The molecular weight excluding hydrogens is 266 g/mol. The van der Waals surface area contributed by atoms with Gasteiger partial charge in [-0.3, -0.25) is 4.79 Å². The highest BCUT2D eigenvalue weighted by atomic mass is 35.5. The molecule has 0 amide bonds. The maximum Gasteiger partial charge on any atom is 0.227 e. The fourth-order valence-electron chi connectivity index (χ4n) is 1.62. The molecule has 98 valence electrons. The molecule has 0 radical (unpaired) electrons. The van der Waals surface area contributed by atoms with E-state index in [1.807, 2.05) is 0 Å².